The zero-order chi connectivity index (χ0) is 10.2. The molecule has 1 fully saturated rings. The summed E-state index contributed by atoms with van der Waals surface area (Å²) in [6.45, 7) is 3.27. The summed E-state index contributed by atoms with van der Waals surface area (Å²) in [5, 5.41) is 0. The van der Waals surface area contributed by atoms with Gasteiger partial charge in [-0.25, -0.2) is 0 Å². The Morgan fingerprint density at radius 2 is 1.92 bits per heavy atom. The van der Waals surface area contributed by atoms with Gasteiger partial charge in [-0.3, -0.25) is 0 Å². The van der Waals surface area contributed by atoms with Crippen LogP contribution >= 0.6 is 0 Å². The molecule has 0 N–H and O–H groups in total. The Balaban J connectivity index is 2.86. The third-order valence-electron chi connectivity index (χ3n) is 2.37. The van der Waals surface area contributed by atoms with Crippen LogP contribution < -0.4 is 0 Å². The third-order valence-corrected chi connectivity index (χ3v) is 2.86. The van der Waals surface area contributed by atoms with Crippen molar-refractivity contribution >= 4 is 42.7 Å². The van der Waals surface area contributed by atoms with Gasteiger partial charge in [-0.2, -0.15) is 0 Å². The molecule has 0 saturated carbocycles. The van der Waals surface area contributed by atoms with Crippen LogP contribution in [0, 0.1) is 11.8 Å². The molecule has 3 atom stereocenters. The molecular weight excluding hydrogens is 183 g/mol. The monoisotopic (exact) mass is 192 g/mol. The van der Waals surface area contributed by atoms with Crippen LogP contribution in [0.5, 0.6) is 0 Å². The van der Waals surface area contributed by atoms with Crippen LogP contribution in [0.1, 0.15) is 13.8 Å². The van der Waals surface area contributed by atoms with Crippen LogP contribution in [-0.2, 0) is 19.1 Å². The van der Waals surface area contributed by atoms with Crippen molar-refractivity contribution in [2.45, 2.75) is 20.0 Å². The molecule has 1 aliphatic heterocycles. The van der Waals surface area contributed by atoms with Crippen LogP contribution in [0.25, 0.3) is 0 Å². The molecule has 66 valence electrons. The van der Waals surface area contributed by atoms with Gasteiger partial charge >= 0.3 is 93.6 Å². The molecule has 1 rings (SSSR count). The van der Waals surface area contributed by atoms with Gasteiger partial charge in [0.05, 0.1) is 0 Å². The fourth-order valence-corrected chi connectivity index (χ4v) is 1.93. The van der Waals surface area contributed by atoms with Gasteiger partial charge in [0.2, 0.25) is 0 Å². The minimum atomic E-state index is -0.558. The third kappa shape index (κ3) is 2.00. The normalized spacial score (nSPS) is 32.9. The quantitative estimate of drug-likeness (QED) is 0.334. The van der Waals surface area contributed by atoms with Crippen molar-refractivity contribution in [1.29, 1.82) is 0 Å². The molecule has 0 bridgehead atoms. The number of Topliss-reactive ketones (excluding diaryl/α,β-unsaturated/α-hetero) is 1. The van der Waals surface area contributed by atoms with Crippen LogP contribution in [-0.4, -0.2) is 48.8 Å². The van der Waals surface area contributed by atoms with Gasteiger partial charge in [0, 0.05) is 0 Å². The number of cyclic esters (lactones) is 1. The van der Waals surface area contributed by atoms with E-state index in [0.717, 1.165) is 0 Å². The molecule has 0 amide bonds. The number of carbonyl (C=O) groups is 3. The Morgan fingerprint density at radius 3 is 2.23 bits per heavy atom. The van der Waals surface area contributed by atoms with Crippen LogP contribution in [0.4, 0.5) is 0 Å². The molecule has 4 nitrogen and oxygen atoms in total. The Hall–Kier alpha value is -0.190. The van der Waals surface area contributed by atoms with Gasteiger partial charge < -0.3 is 0 Å². The maximum absolute atomic E-state index is 11.4. The zero-order valence-electron chi connectivity index (χ0n) is 7.87. The number of esters is 1. The molecule has 0 radical (unpaired) electrons. The second kappa shape index (κ2) is 3.90. The average molecular weight is 192 g/mol. The molecule has 0 aromatic heterocycles. The standard InChI is InChI=1S/C8H9O4.Na/c1-4-7(6(10)3-9)5(2)12-8(4)11;/h4-5,7H,1-2H3;/t4?,5-,7?;/m0./s1. The van der Waals surface area contributed by atoms with E-state index in [9.17, 15) is 14.4 Å². The SMILES string of the molecule is CC1C(=O)O[C@@H](C)C1C(=O)[C](=O)[Na]. The topological polar surface area (TPSA) is 60.4 Å². The van der Waals surface area contributed by atoms with E-state index < -0.39 is 23.7 Å². The molecular formula is C8H9NaO4. The zero-order valence-corrected chi connectivity index (χ0v) is 9.87. The van der Waals surface area contributed by atoms with E-state index >= 15 is 0 Å². The average Bonchev–Trinajstić information content (AvgIpc) is 2.26. The summed E-state index contributed by atoms with van der Waals surface area (Å²) >= 11 is 0.208. The molecule has 1 heterocycles. The number of rotatable bonds is 2. The predicted molar refractivity (Wildman–Crippen MR) is 44.0 cm³/mol. The molecule has 1 saturated heterocycles. The maximum atomic E-state index is 11.4. The number of ether oxygens (including phenoxy) is 1. The second-order valence-corrected chi connectivity index (χ2v) is 4.29. The van der Waals surface area contributed by atoms with Gasteiger partial charge in [-0.1, -0.05) is 0 Å². The summed E-state index contributed by atoms with van der Waals surface area (Å²) in [4.78, 5) is 33.3. The molecule has 0 aliphatic carbocycles. The van der Waals surface area contributed by atoms with E-state index in [2.05, 4.69) is 0 Å². The number of carbonyl (C=O) groups excluding carboxylic acids is 3. The first-order valence-corrected chi connectivity index (χ1v) is 5.20. The second-order valence-electron chi connectivity index (χ2n) is 3.38. The van der Waals surface area contributed by atoms with Crippen molar-refractivity contribution in [2.75, 3.05) is 0 Å². The molecule has 1 aliphatic rings. The van der Waals surface area contributed by atoms with E-state index in [4.69, 9.17) is 4.74 Å². The first kappa shape index (κ1) is 10.9. The fraction of sp³-hybridized carbons (Fsp3) is 0.625. The van der Waals surface area contributed by atoms with E-state index in [1.165, 1.54) is 0 Å². The fourth-order valence-electron chi connectivity index (χ4n) is 1.59. The number of hydrogen-bond acceptors (Lipinski definition) is 4. The van der Waals surface area contributed by atoms with Crippen molar-refractivity contribution < 1.29 is 19.1 Å². The van der Waals surface area contributed by atoms with Gasteiger partial charge in [-0.05, 0) is 0 Å². The first-order chi connectivity index (χ1) is 5.95. The first-order valence-electron chi connectivity index (χ1n) is 4.20. The summed E-state index contributed by atoms with van der Waals surface area (Å²) in [5.74, 6) is -1.86. The van der Waals surface area contributed by atoms with Crippen molar-refractivity contribution in [2.24, 2.45) is 11.8 Å². The molecule has 5 heteroatoms. The summed E-state index contributed by atoms with van der Waals surface area (Å²) in [7, 11) is 0. The Kier molecular flexibility index (Phi) is 3.27. The van der Waals surface area contributed by atoms with Crippen LogP contribution in [0.15, 0.2) is 0 Å². The van der Waals surface area contributed by atoms with Crippen LogP contribution in [0.2, 0.25) is 0 Å². The van der Waals surface area contributed by atoms with Gasteiger partial charge in [-0.15, -0.1) is 0 Å². The van der Waals surface area contributed by atoms with E-state index in [1.54, 1.807) is 13.8 Å². The number of hydrogen-bond donors (Lipinski definition) is 0. The van der Waals surface area contributed by atoms with Gasteiger partial charge in [0.25, 0.3) is 0 Å². The van der Waals surface area contributed by atoms with Gasteiger partial charge in [0.1, 0.15) is 0 Å². The molecule has 0 spiro atoms. The van der Waals surface area contributed by atoms with E-state index in [0.29, 0.717) is 0 Å². The Labute approximate surface area is 93.4 Å². The summed E-state index contributed by atoms with van der Waals surface area (Å²) in [6.07, 6.45) is -0.451. The number of ketones is 1. The van der Waals surface area contributed by atoms with Gasteiger partial charge in [0.15, 0.2) is 0 Å². The molecule has 0 aromatic carbocycles. The van der Waals surface area contributed by atoms with E-state index in [1.807, 2.05) is 0 Å². The van der Waals surface area contributed by atoms with Crippen LogP contribution in [0.3, 0.4) is 0 Å². The predicted octanol–water partition coefficient (Wildman–Crippen LogP) is -0.552. The van der Waals surface area contributed by atoms with Crippen molar-refractivity contribution in [3.63, 3.8) is 0 Å². The Bertz CT molecular complexity index is 273. The van der Waals surface area contributed by atoms with Crippen molar-refractivity contribution in [1.82, 2.24) is 0 Å². The molecule has 13 heavy (non-hydrogen) atoms. The molecule has 2 unspecified atom stereocenters. The molecule has 0 aromatic rings. The Morgan fingerprint density at radius 1 is 1.38 bits per heavy atom. The summed E-state index contributed by atoms with van der Waals surface area (Å²) in [5.41, 5.74) is 0. The minimum absolute atomic E-state index is 0.208. The van der Waals surface area contributed by atoms with Crippen molar-refractivity contribution in [3.05, 3.63) is 0 Å². The van der Waals surface area contributed by atoms with Crippen molar-refractivity contribution in [3.8, 4) is 0 Å². The summed E-state index contributed by atoms with van der Waals surface area (Å²) in [6, 6.07) is 0. The summed E-state index contributed by atoms with van der Waals surface area (Å²) < 4.78 is 4.49. The van der Waals surface area contributed by atoms with E-state index in [-0.39, 0.29) is 36.9 Å².